The Morgan fingerprint density at radius 1 is 2.00 bits per heavy atom. The third-order valence-electron chi connectivity index (χ3n) is 0.549. The molecule has 0 amide bonds. The van der Waals surface area contributed by atoms with Gasteiger partial charge in [-0.3, -0.25) is 0 Å². The van der Waals surface area contributed by atoms with Gasteiger partial charge in [-0.25, -0.2) is 0 Å². The molecule has 0 fully saturated rings. The van der Waals surface area contributed by atoms with Crippen molar-refractivity contribution in [3.05, 3.63) is 18.1 Å². The van der Waals surface area contributed by atoms with E-state index in [4.69, 9.17) is 5.41 Å². The Kier molecular flexibility index (Phi) is 4.59. The van der Waals surface area contributed by atoms with Crippen molar-refractivity contribution in [3.63, 3.8) is 0 Å². The van der Waals surface area contributed by atoms with Crippen LogP contribution in [0.4, 0.5) is 0 Å². The highest BCUT2D eigenvalue weighted by Crippen LogP contribution is 1.70. The lowest BCUT2D eigenvalue weighted by Gasteiger charge is -2.00. The molecule has 0 aromatic rings. The maximum atomic E-state index is 7.97. The van der Waals surface area contributed by atoms with Gasteiger partial charge in [-0.2, -0.15) is 0 Å². The number of thiocarbonyl (C=S) groups is 1. The molecule has 9 heavy (non-hydrogen) atoms. The summed E-state index contributed by atoms with van der Waals surface area (Å²) in [6, 6.07) is 1.56. The maximum Gasteiger partial charge on any atom is 0.0940 e. The number of aliphatic imine (C=N–C) groups is 1. The zero-order chi connectivity index (χ0) is 7.11. The zero-order valence-electron chi connectivity index (χ0n) is 4.79. The summed E-state index contributed by atoms with van der Waals surface area (Å²) in [5.74, 6) is 0. The van der Waals surface area contributed by atoms with Crippen molar-refractivity contribution in [1.82, 2.24) is 5.32 Å². The molecule has 0 unspecified atom stereocenters. The van der Waals surface area contributed by atoms with Crippen LogP contribution in [0.15, 0.2) is 17.6 Å². The Bertz CT molecular complexity index is 158. The SMILES string of the molecule is C=CCNC(=S)N=C=[N-]. The van der Waals surface area contributed by atoms with Crippen molar-refractivity contribution in [2.75, 3.05) is 6.54 Å². The van der Waals surface area contributed by atoms with Crippen molar-refractivity contribution in [2.45, 2.75) is 0 Å². The predicted molar refractivity (Wildman–Crippen MR) is 41.6 cm³/mol. The molecule has 0 radical (unpaired) electrons. The highest BCUT2D eigenvalue weighted by Gasteiger charge is 1.76. The average Bonchev–Trinajstić information content (AvgIpc) is 1.85. The van der Waals surface area contributed by atoms with Gasteiger partial charge in [0.05, 0.1) is 5.11 Å². The van der Waals surface area contributed by atoms with Crippen LogP contribution in [0.25, 0.3) is 5.41 Å². The average molecular weight is 140 g/mol. The number of hydrogen-bond donors (Lipinski definition) is 1. The van der Waals surface area contributed by atoms with Crippen molar-refractivity contribution in [3.8, 4) is 0 Å². The molecule has 0 aliphatic rings. The van der Waals surface area contributed by atoms with E-state index in [1.165, 1.54) is 0 Å². The van der Waals surface area contributed by atoms with E-state index < -0.39 is 0 Å². The van der Waals surface area contributed by atoms with Crippen molar-refractivity contribution in [2.24, 2.45) is 4.99 Å². The Hall–Kier alpha value is -0.990. The van der Waals surface area contributed by atoms with Crippen LogP contribution in [0.1, 0.15) is 0 Å². The van der Waals surface area contributed by atoms with E-state index >= 15 is 0 Å². The summed E-state index contributed by atoms with van der Waals surface area (Å²) in [5, 5.41) is 10.8. The Labute approximate surface area is 59.0 Å². The molecule has 3 nitrogen and oxygen atoms in total. The van der Waals surface area contributed by atoms with E-state index in [0.717, 1.165) is 0 Å². The van der Waals surface area contributed by atoms with Gasteiger partial charge in [0.15, 0.2) is 0 Å². The van der Waals surface area contributed by atoms with Gasteiger partial charge in [-0.05, 0) is 0 Å². The first-order valence-corrected chi connectivity index (χ1v) is 2.70. The summed E-state index contributed by atoms with van der Waals surface area (Å²) in [6.45, 7) is 3.99. The van der Waals surface area contributed by atoms with Gasteiger partial charge in [0.1, 0.15) is 0 Å². The van der Waals surface area contributed by atoms with Gasteiger partial charge in [0.25, 0.3) is 0 Å². The second-order valence-corrected chi connectivity index (χ2v) is 1.57. The van der Waals surface area contributed by atoms with Crippen LogP contribution in [0.2, 0.25) is 0 Å². The summed E-state index contributed by atoms with van der Waals surface area (Å²) in [5.41, 5.74) is 0. The minimum atomic E-state index is 0.206. The number of nitrogens with zero attached hydrogens (tertiary/aromatic N) is 2. The lowest BCUT2D eigenvalue weighted by Crippen LogP contribution is -2.18. The van der Waals surface area contributed by atoms with Crippen LogP contribution in [-0.2, 0) is 0 Å². The molecule has 0 heterocycles. The van der Waals surface area contributed by atoms with Gasteiger partial charge >= 0.3 is 0 Å². The van der Waals surface area contributed by atoms with E-state index in [1.807, 2.05) is 0 Å². The monoisotopic (exact) mass is 140 g/mol. The summed E-state index contributed by atoms with van der Waals surface area (Å²) in [6.07, 6.45) is 1.64. The van der Waals surface area contributed by atoms with Gasteiger partial charge < -0.3 is 15.7 Å². The fraction of sp³-hybridized carbons (Fsp3) is 0.200. The van der Waals surface area contributed by atoms with Crippen LogP contribution in [0.5, 0.6) is 0 Å². The predicted octanol–water partition coefficient (Wildman–Crippen LogP) is 0.790. The van der Waals surface area contributed by atoms with Crippen LogP contribution in [0.3, 0.4) is 0 Å². The minimum absolute atomic E-state index is 0.206. The molecule has 0 aliphatic carbocycles. The van der Waals surface area contributed by atoms with Crippen LogP contribution in [-0.4, -0.2) is 17.7 Å². The van der Waals surface area contributed by atoms with Crippen LogP contribution < -0.4 is 5.32 Å². The van der Waals surface area contributed by atoms with Gasteiger partial charge in [-0.1, -0.05) is 18.3 Å². The zero-order valence-corrected chi connectivity index (χ0v) is 5.61. The molecule has 0 rings (SSSR count). The first kappa shape index (κ1) is 8.01. The summed E-state index contributed by atoms with van der Waals surface area (Å²) in [7, 11) is 0. The normalized spacial score (nSPS) is 7.11. The Balaban J connectivity index is 3.50. The maximum absolute atomic E-state index is 7.97. The van der Waals surface area contributed by atoms with Crippen molar-refractivity contribution in [1.29, 1.82) is 0 Å². The second kappa shape index (κ2) is 5.15. The van der Waals surface area contributed by atoms with Crippen molar-refractivity contribution < 1.29 is 0 Å². The molecule has 0 aromatic heterocycles. The third kappa shape index (κ3) is 4.87. The molecule has 0 aliphatic heterocycles. The summed E-state index contributed by atoms with van der Waals surface area (Å²) < 4.78 is 0. The van der Waals surface area contributed by atoms with E-state index in [2.05, 4.69) is 29.1 Å². The van der Waals surface area contributed by atoms with Crippen molar-refractivity contribution >= 4 is 23.3 Å². The molecule has 0 aromatic carbocycles. The fourth-order valence-electron chi connectivity index (χ4n) is 0.244. The molecule has 48 valence electrons. The molecule has 0 bridgehead atoms. The minimum Gasteiger partial charge on any atom is -0.422 e. The van der Waals surface area contributed by atoms with E-state index in [9.17, 15) is 0 Å². The van der Waals surface area contributed by atoms with Gasteiger partial charge in [0.2, 0.25) is 0 Å². The highest BCUT2D eigenvalue weighted by atomic mass is 32.1. The topological polar surface area (TPSA) is 46.7 Å². The van der Waals surface area contributed by atoms with E-state index in [-0.39, 0.29) is 5.11 Å². The molecule has 0 atom stereocenters. The Morgan fingerprint density at radius 3 is 3.11 bits per heavy atom. The standard InChI is InChI=1S/C5H6N3S/c1-2-3-7-5(9)8-4-6/h2H,1,3H2,(H,7,9)/q-1. The lowest BCUT2D eigenvalue weighted by atomic mass is 10.6. The second-order valence-electron chi connectivity index (χ2n) is 1.19. The largest absolute Gasteiger partial charge is 0.422 e. The molecule has 0 saturated carbocycles. The van der Waals surface area contributed by atoms with Crippen LogP contribution in [0, 0.1) is 0 Å². The van der Waals surface area contributed by atoms with Crippen LogP contribution >= 0.6 is 12.2 Å². The van der Waals surface area contributed by atoms with E-state index in [0.29, 0.717) is 6.54 Å². The number of nitrogens with one attached hydrogen (secondary N) is 1. The van der Waals surface area contributed by atoms with Gasteiger partial charge in [0, 0.05) is 6.54 Å². The molecule has 1 N–H and O–H groups in total. The molecule has 4 heteroatoms. The summed E-state index contributed by atoms with van der Waals surface area (Å²) in [4.78, 5) is 3.24. The summed E-state index contributed by atoms with van der Waals surface area (Å²) >= 11 is 4.57. The number of hydrogen-bond acceptors (Lipinski definition) is 1. The third-order valence-corrected chi connectivity index (χ3v) is 0.785. The van der Waals surface area contributed by atoms with E-state index in [1.54, 1.807) is 12.1 Å². The highest BCUT2D eigenvalue weighted by molar-refractivity contribution is 7.80. The first-order chi connectivity index (χ1) is 4.31. The molecule has 0 saturated heterocycles. The quantitative estimate of drug-likeness (QED) is 0.350. The molecular formula is C5H6N3S-. The first-order valence-electron chi connectivity index (χ1n) is 2.29. The molecule has 0 spiro atoms. The van der Waals surface area contributed by atoms with Gasteiger partial charge in [-0.15, -0.1) is 12.6 Å². The smallest absolute Gasteiger partial charge is 0.0940 e. The molecular weight excluding hydrogens is 134 g/mol. The fourth-order valence-corrected chi connectivity index (χ4v) is 0.369. The lowest BCUT2D eigenvalue weighted by molar-refractivity contribution is 1.05. The Morgan fingerprint density at radius 2 is 2.67 bits per heavy atom. The number of rotatable bonds is 2.